The molecule has 0 fully saturated rings. The first-order chi connectivity index (χ1) is 11.0. The van der Waals surface area contributed by atoms with Crippen molar-refractivity contribution in [2.24, 2.45) is 5.73 Å². The van der Waals surface area contributed by atoms with Gasteiger partial charge in [-0.2, -0.15) is 0 Å². The Kier molecular flexibility index (Phi) is 5.45. The number of nitrogens with one attached hydrogen (secondary N) is 1. The lowest BCUT2D eigenvalue weighted by molar-refractivity contribution is -0.0376. The highest BCUT2D eigenvalue weighted by atomic mass is 35.5. The van der Waals surface area contributed by atoms with Gasteiger partial charge in [0.25, 0.3) is 11.9 Å². The van der Waals surface area contributed by atoms with Crippen LogP contribution in [0.15, 0.2) is 40.8 Å². The zero-order valence-corrected chi connectivity index (χ0v) is 12.6. The number of carbonyl (C=O) groups excluding carboxylic acids is 2. The second-order valence-electron chi connectivity index (χ2n) is 4.39. The fourth-order valence-corrected chi connectivity index (χ4v) is 1.71. The van der Waals surface area contributed by atoms with Gasteiger partial charge in [-0.1, -0.05) is 11.6 Å². The fourth-order valence-electron chi connectivity index (χ4n) is 1.59. The summed E-state index contributed by atoms with van der Waals surface area (Å²) >= 11 is 5.77. The van der Waals surface area contributed by atoms with Gasteiger partial charge in [0.2, 0.25) is 0 Å². The number of halogens is 1. The second-order valence-corrected chi connectivity index (χ2v) is 4.83. The molecule has 0 atom stereocenters. The number of hydroxylamine groups is 2. The third kappa shape index (κ3) is 4.90. The molecule has 0 saturated heterocycles. The van der Waals surface area contributed by atoms with Crippen molar-refractivity contribution in [3.8, 4) is 11.7 Å². The molecule has 1 heterocycles. The van der Waals surface area contributed by atoms with Crippen molar-refractivity contribution in [1.29, 1.82) is 0 Å². The van der Waals surface area contributed by atoms with Gasteiger partial charge in [0, 0.05) is 17.6 Å². The average Bonchev–Trinajstić information content (AvgIpc) is 2.98. The Morgan fingerprint density at radius 2 is 1.96 bits per heavy atom. The lowest BCUT2D eigenvalue weighted by atomic mass is 10.3. The van der Waals surface area contributed by atoms with Crippen LogP contribution in [0, 0.1) is 0 Å². The number of furan rings is 1. The van der Waals surface area contributed by atoms with E-state index in [-0.39, 0.29) is 29.9 Å². The molecule has 9 heteroatoms. The average molecular weight is 340 g/mol. The van der Waals surface area contributed by atoms with E-state index in [0.717, 1.165) is 0 Å². The van der Waals surface area contributed by atoms with E-state index in [2.05, 4.69) is 5.32 Å². The highest BCUT2D eigenvalue weighted by Gasteiger charge is 2.13. The summed E-state index contributed by atoms with van der Waals surface area (Å²) < 4.78 is 10.7. The SMILES string of the molecule is NC(=O)N(O)CCNC(=O)c1ccc(Oc2ccc(Cl)cc2)o1. The monoisotopic (exact) mass is 339 g/mol. The maximum Gasteiger partial charge on any atom is 0.338 e. The van der Waals surface area contributed by atoms with Crippen LogP contribution >= 0.6 is 11.6 Å². The number of nitrogens with zero attached hydrogens (tertiary/aromatic N) is 1. The highest BCUT2D eigenvalue weighted by molar-refractivity contribution is 6.30. The minimum atomic E-state index is -1.00. The molecule has 0 aliphatic rings. The molecule has 0 radical (unpaired) electrons. The van der Waals surface area contributed by atoms with Gasteiger partial charge in [0.1, 0.15) is 5.75 Å². The summed E-state index contributed by atoms with van der Waals surface area (Å²) in [5.41, 5.74) is 4.83. The number of benzene rings is 1. The molecule has 0 aliphatic heterocycles. The number of nitrogens with two attached hydrogens (primary N) is 1. The van der Waals surface area contributed by atoms with Crippen LogP contribution in [0.25, 0.3) is 0 Å². The molecule has 4 N–H and O–H groups in total. The molecule has 0 aliphatic carbocycles. The van der Waals surface area contributed by atoms with Crippen molar-refractivity contribution >= 4 is 23.5 Å². The zero-order chi connectivity index (χ0) is 16.8. The summed E-state index contributed by atoms with van der Waals surface area (Å²) in [6.07, 6.45) is 0. The van der Waals surface area contributed by atoms with Gasteiger partial charge >= 0.3 is 6.03 Å². The normalized spacial score (nSPS) is 10.2. The van der Waals surface area contributed by atoms with Gasteiger partial charge in [-0.15, -0.1) is 0 Å². The fraction of sp³-hybridized carbons (Fsp3) is 0.143. The molecule has 0 bridgehead atoms. The van der Waals surface area contributed by atoms with Crippen molar-refractivity contribution in [1.82, 2.24) is 10.4 Å². The molecule has 0 spiro atoms. The molecule has 2 rings (SSSR count). The Morgan fingerprint density at radius 3 is 2.61 bits per heavy atom. The van der Waals surface area contributed by atoms with E-state index in [1.54, 1.807) is 24.3 Å². The van der Waals surface area contributed by atoms with Gasteiger partial charge in [-0.05, 0) is 30.3 Å². The van der Waals surface area contributed by atoms with Crippen molar-refractivity contribution in [3.63, 3.8) is 0 Å². The summed E-state index contributed by atoms with van der Waals surface area (Å²) in [7, 11) is 0. The van der Waals surface area contributed by atoms with Crippen LogP contribution in [0.3, 0.4) is 0 Å². The van der Waals surface area contributed by atoms with E-state index in [1.807, 2.05) is 0 Å². The Bertz CT molecular complexity index is 686. The van der Waals surface area contributed by atoms with Crippen molar-refractivity contribution in [3.05, 3.63) is 47.2 Å². The van der Waals surface area contributed by atoms with E-state index >= 15 is 0 Å². The molecule has 0 saturated carbocycles. The van der Waals surface area contributed by atoms with Crippen LogP contribution in [-0.4, -0.2) is 35.3 Å². The molecule has 2 aromatic rings. The molecule has 122 valence electrons. The first-order valence-corrected chi connectivity index (χ1v) is 6.91. The molecule has 1 aromatic heterocycles. The van der Waals surface area contributed by atoms with Crippen molar-refractivity contribution in [2.75, 3.05) is 13.1 Å². The molecule has 1 aromatic carbocycles. The number of ether oxygens (including phenoxy) is 1. The van der Waals surface area contributed by atoms with Crippen LogP contribution < -0.4 is 15.8 Å². The van der Waals surface area contributed by atoms with Gasteiger partial charge in [-0.25, -0.2) is 9.86 Å². The summed E-state index contributed by atoms with van der Waals surface area (Å²) in [6, 6.07) is 8.56. The minimum absolute atomic E-state index is 0.00630. The Morgan fingerprint density at radius 1 is 1.26 bits per heavy atom. The molecular weight excluding hydrogens is 326 g/mol. The lowest BCUT2D eigenvalue weighted by Gasteiger charge is -2.11. The summed E-state index contributed by atoms with van der Waals surface area (Å²) in [5.74, 6) is 0.151. The number of hydrogen-bond acceptors (Lipinski definition) is 5. The number of carbonyl (C=O) groups is 2. The van der Waals surface area contributed by atoms with E-state index in [0.29, 0.717) is 10.8 Å². The van der Waals surface area contributed by atoms with Gasteiger partial charge in [0.15, 0.2) is 5.76 Å². The third-order valence-electron chi connectivity index (χ3n) is 2.70. The highest BCUT2D eigenvalue weighted by Crippen LogP contribution is 2.24. The van der Waals surface area contributed by atoms with Crippen LogP contribution in [0.2, 0.25) is 5.02 Å². The van der Waals surface area contributed by atoms with E-state index in [4.69, 9.17) is 31.7 Å². The second kappa shape index (κ2) is 7.52. The molecular formula is C14H14ClN3O5. The molecule has 8 nitrogen and oxygen atoms in total. The first-order valence-electron chi connectivity index (χ1n) is 6.53. The maximum atomic E-state index is 11.8. The number of amides is 3. The summed E-state index contributed by atoms with van der Waals surface area (Å²) in [4.78, 5) is 22.4. The first kappa shape index (κ1) is 16.7. The van der Waals surface area contributed by atoms with Crippen LogP contribution in [0.4, 0.5) is 4.79 Å². The van der Waals surface area contributed by atoms with Gasteiger partial charge in [0.05, 0.1) is 6.54 Å². The predicted octanol–water partition coefficient (Wildman–Crippen LogP) is 2.23. The van der Waals surface area contributed by atoms with Crippen LogP contribution in [0.1, 0.15) is 10.6 Å². The Balaban J connectivity index is 1.87. The van der Waals surface area contributed by atoms with Crippen LogP contribution in [0.5, 0.6) is 11.7 Å². The predicted molar refractivity (Wildman–Crippen MR) is 80.6 cm³/mol. The summed E-state index contributed by atoms with van der Waals surface area (Å²) in [5, 5.41) is 12.4. The Labute approximate surface area is 136 Å². The topological polar surface area (TPSA) is 118 Å². The largest absolute Gasteiger partial charge is 0.426 e. The molecule has 0 unspecified atom stereocenters. The molecule has 23 heavy (non-hydrogen) atoms. The van der Waals surface area contributed by atoms with Gasteiger partial charge < -0.3 is 20.2 Å². The smallest absolute Gasteiger partial charge is 0.338 e. The number of primary amides is 1. The van der Waals surface area contributed by atoms with Crippen molar-refractivity contribution in [2.45, 2.75) is 0 Å². The standard InChI is InChI=1S/C14H14ClN3O5/c15-9-1-3-10(4-2-9)22-12-6-5-11(23-12)13(19)17-7-8-18(21)14(16)20/h1-6,21H,7-8H2,(H2,16,20)(H,17,19). The zero-order valence-electron chi connectivity index (χ0n) is 11.9. The third-order valence-corrected chi connectivity index (χ3v) is 2.95. The van der Waals surface area contributed by atoms with Crippen molar-refractivity contribution < 1.29 is 24.0 Å². The Hall–Kier alpha value is -2.71. The maximum absolute atomic E-state index is 11.8. The van der Waals surface area contributed by atoms with E-state index < -0.39 is 11.9 Å². The summed E-state index contributed by atoms with van der Waals surface area (Å²) in [6.45, 7) is -0.137. The van der Waals surface area contributed by atoms with Gasteiger partial charge in [-0.3, -0.25) is 10.0 Å². The van der Waals surface area contributed by atoms with Crippen LogP contribution in [-0.2, 0) is 0 Å². The minimum Gasteiger partial charge on any atom is -0.426 e. The molecule has 3 amide bonds. The lowest BCUT2D eigenvalue weighted by Crippen LogP contribution is -2.39. The van der Waals surface area contributed by atoms with E-state index in [9.17, 15) is 9.59 Å². The number of urea groups is 1. The number of rotatable bonds is 6. The van der Waals surface area contributed by atoms with E-state index in [1.165, 1.54) is 12.1 Å². The number of hydrogen-bond donors (Lipinski definition) is 3. The quantitative estimate of drug-likeness (QED) is 0.551.